The first kappa shape index (κ1) is 16.7. The largest absolute Gasteiger partial charge is 0.507 e. The van der Waals surface area contributed by atoms with E-state index in [0.717, 1.165) is 28.2 Å². The lowest BCUT2D eigenvalue weighted by Crippen LogP contribution is -2.16. The molecule has 0 unspecified atom stereocenters. The monoisotopic (exact) mass is 403 g/mol. The lowest BCUT2D eigenvalue weighted by molar-refractivity contribution is -0.384. The van der Waals surface area contributed by atoms with Crippen LogP contribution in [-0.2, 0) is 0 Å². The molecule has 0 saturated carbocycles. The third-order valence-electron chi connectivity index (χ3n) is 3.29. The van der Waals surface area contributed by atoms with E-state index in [9.17, 15) is 20.0 Å². The number of amides is 1. The zero-order valence-corrected chi connectivity index (χ0v) is 14.1. The van der Waals surface area contributed by atoms with E-state index in [-0.39, 0.29) is 22.8 Å². The van der Waals surface area contributed by atoms with Crippen molar-refractivity contribution in [1.82, 2.24) is 5.43 Å². The molecule has 0 spiro atoms. The van der Waals surface area contributed by atoms with E-state index >= 15 is 0 Å². The molecule has 0 radical (unpaired) electrons. The summed E-state index contributed by atoms with van der Waals surface area (Å²) in [7, 11) is 0. The van der Waals surface area contributed by atoms with Crippen molar-refractivity contribution in [3.8, 4) is 5.75 Å². The second-order valence-corrected chi connectivity index (χ2v) is 5.91. The van der Waals surface area contributed by atoms with E-state index in [4.69, 9.17) is 4.42 Å². The second-order valence-electron chi connectivity index (χ2n) is 4.99. The van der Waals surface area contributed by atoms with Gasteiger partial charge in [0.2, 0.25) is 0 Å². The highest BCUT2D eigenvalue weighted by atomic mass is 79.9. The van der Waals surface area contributed by atoms with Crippen molar-refractivity contribution < 1.29 is 19.2 Å². The minimum Gasteiger partial charge on any atom is -0.507 e. The number of halogens is 1. The predicted molar refractivity (Wildman–Crippen MR) is 93.7 cm³/mol. The summed E-state index contributed by atoms with van der Waals surface area (Å²) in [5.74, 6) is -0.723. The molecule has 126 valence electrons. The molecule has 0 aliphatic rings. The summed E-state index contributed by atoms with van der Waals surface area (Å²) in [6.45, 7) is 0. The molecule has 1 heterocycles. The number of phenolic OH excluding ortho intramolecular Hbond substituents is 1. The minimum atomic E-state index is -0.595. The predicted octanol–water partition coefficient (Wildman–Crippen LogP) is 3.57. The summed E-state index contributed by atoms with van der Waals surface area (Å²) in [6.07, 6.45) is 1.11. The van der Waals surface area contributed by atoms with Crippen LogP contribution in [0.3, 0.4) is 0 Å². The normalized spacial score (nSPS) is 11.1. The molecule has 0 bridgehead atoms. The Hall–Kier alpha value is -3.20. The standard InChI is InChI=1S/C16H10BrN3O5/c17-11-1-4-14-9(5-11)7-15(25-14)16(22)19-18-8-10-6-12(20(23)24)2-3-13(10)21/h1-8,21H,(H,19,22)/b18-8-. The number of hydrogen-bond acceptors (Lipinski definition) is 6. The van der Waals surface area contributed by atoms with E-state index in [1.165, 1.54) is 6.07 Å². The van der Waals surface area contributed by atoms with Crippen molar-refractivity contribution >= 4 is 44.7 Å². The molecule has 3 aromatic rings. The van der Waals surface area contributed by atoms with Crippen LogP contribution >= 0.6 is 15.9 Å². The number of nitrogens with one attached hydrogen (secondary N) is 1. The third-order valence-corrected chi connectivity index (χ3v) is 3.79. The van der Waals surface area contributed by atoms with Gasteiger partial charge in [0, 0.05) is 27.6 Å². The van der Waals surface area contributed by atoms with Gasteiger partial charge in [0.05, 0.1) is 11.1 Å². The van der Waals surface area contributed by atoms with Crippen LogP contribution in [0.2, 0.25) is 0 Å². The number of benzene rings is 2. The quantitative estimate of drug-likeness (QED) is 0.392. The molecule has 0 atom stereocenters. The number of carbonyl (C=O) groups excluding carboxylic acids is 1. The lowest BCUT2D eigenvalue weighted by atomic mass is 10.2. The Bertz CT molecular complexity index is 1010. The van der Waals surface area contributed by atoms with E-state index < -0.39 is 10.8 Å². The van der Waals surface area contributed by atoms with Gasteiger partial charge < -0.3 is 9.52 Å². The molecule has 3 rings (SSSR count). The lowest BCUT2D eigenvalue weighted by Gasteiger charge is -1.99. The van der Waals surface area contributed by atoms with Gasteiger partial charge in [-0.25, -0.2) is 5.43 Å². The molecule has 0 saturated heterocycles. The summed E-state index contributed by atoms with van der Waals surface area (Å²) >= 11 is 3.33. The highest BCUT2D eigenvalue weighted by molar-refractivity contribution is 9.10. The molecular formula is C16H10BrN3O5. The summed E-state index contributed by atoms with van der Waals surface area (Å²) in [5, 5.41) is 24.8. The number of furan rings is 1. The van der Waals surface area contributed by atoms with Crippen molar-refractivity contribution in [2.45, 2.75) is 0 Å². The fraction of sp³-hybridized carbons (Fsp3) is 0. The van der Waals surface area contributed by atoms with E-state index in [1.54, 1.807) is 24.3 Å². The van der Waals surface area contributed by atoms with Crippen LogP contribution in [0, 0.1) is 10.1 Å². The van der Waals surface area contributed by atoms with E-state index in [0.29, 0.717) is 5.58 Å². The summed E-state index contributed by atoms with van der Waals surface area (Å²) in [4.78, 5) is 22.2. The third kappa shape index (κ3) is 3.66. The summed E-state index contributed by atoms with van der Waals surface area (Å²) < 4.78 is 6.27. The number of carbonyl (C=O) groups is 1. The number of nitro benzene ring substituents is 1. The maximum Gasteiger partial charge on any atom is 0.307 e. The van der Waals surface area contributed by atoms with Gasteiger partial charge in [0.15, 0.2) is 5.76 Å². The van der Waals surface area contributed by atoms with Gasteiger partial charge in [-0.05, 0) is 30.3 Å². The Balaban J connectivity index is 1.76. The van der Waals surface area contributed by atoms with Crippen LogP contribution < -0.4 is 5.43 Å². The van der Waals surface area contributed by atoms with Crippen LogP contribution in [0.1, 0.15) is 16.1 Å². The maximum atomic E-state index is 12.0. The average molecular weight is 404 g/mol. The Labute approximate surface area is 149 Å². The van der Waals surface area contributed by atoms with E-state index in [2.05, 4.69) is 26.5 Å². The summed E-state index contributed by atoms with van der Waals surface area (Å²) in [6, 6.07) is 10.4. The van der Waals surface area contributed by atoms with Gasteiger partial charge in [-0.2, -0.15) is 5.10 Å². The fourth-order valence-electron chi connectivity index (χ4n) is 2.10. The highest BCUT2D eigenvalue weighted by Gasteiger charge is 2.12. The molecule has 2 N–H and O–H groups in total. The number of nitrogens with zero attached hydrogens (tertiary/aromatic N) is 2. The number of nitro groups is 1. The number of aromatic hydroxyl groups is 1. The van der Waals surface area contributed by atoms with Crippen molar-refractivity contribution in [3.63, 3.8) is 0 Å². The molecule has 8 nitrogen and oxygen atoms in total. The topological polar surface area (TPSA) is 118 Å². The Morgan fingerprint density at radius 1 is 1.28 bits per heavy atom. The van der Waals surface area contributed by atoms with Gasteiger partial charge in [0.1, 0.15) is 11.3 Å². The number of fused-ring (bicyclic) bond motifs is 1. The molecule has 0 aliphatic heterocycles. The molecule has 1 amide bonds. The number of hydrazone groups is 1. The smallest absolute Gasteiger partial charge is 0.307 e. The molecular weight excluding hydrogens is 394 g/mol. The number of hydrogen-bond donors (Lipinski definition) is 2. The molecule has 0 aliphatic carbocycles. The zero-order chi connectivity index (χ0) is 18.0. The number of non-ortho nitro benzene ring substituents is 1. The summed E-state index contributed by atoms with van der Waals surface area (Å²) in [5.41, 5.74) is 2.69. The molecule has 9 heteroatoms. The zero-order valence-electron chi connectivity index (χ0n) is 12.5. The van der Waals surface area contributed by atoms with Crippen molar-refractivity contribution in [3.05, 3.63) is 68.4 Å². The number of phenols is 1. The van der Waals surface area contributed by atoms with Crippen LogP contribution in [0.5, 0.6) is 5.75 Å². The van der Waals surface area contributed by atoms with Crippen molar-refractivity contribution in [2.24, 2.45) is 5.10 Å². The van der Waals surface area contributed by atoms with Crippen molar-refractivity contribution in [1.29, 1.82) is 0 Å². The molecule has 0 fully saturated rings. The number of rotatable bonds is 4. The van der Waals surface area contributed by atoms with Gasteiger partial charge >= 0.3 is 5.91 Å². The molecule has 1 aromatic heterocycles. The van der Waals surface area contributed by atoms with Gasteiger partial charge in [-0.1, -0.05) is 15.9 Å². The van der Waals surface area contributed by atoms with Crippen LogP contribution in [0.15, 0.2) is 56.5 Å². The first-order valence-electron chi connectivity index (χ1n) is 6.94. The maximum absolute atomic E-state index is 12.0. The molecule has 2 aromatic carbocycles. The Morgan fingerprint density at radius 2 is 2.08 bits per heavy atom. The first-order chi connectivity index (χ1) is 11.9. The second kappa shape index (κ2) is 6.73. The Kier molecular flexibility index (Phi) is 4.48. The van der Waals surface area contributed by atoms with Gasteiger partial charge in [0.25, 0.3) is 5.69 Å². The SMILES string of the molecule is O=C(N/N=C\c1cc([N+](=O)[O-])ccc1O)c1cc2cc(Br)ccc2o1. The fourth-order valence-corrected chi connectivity index (χ4v) is 2.48. The van der Waals surface area contributed by atoms with Crippen molar-refractivity contribution in [2.75, 3.05) is 0 Å². The average Bonchev–Trinajstić information content (AvgIpc) is 2.99. The van der Waals surface area contributed by atoms with Gasteiger partial charge in [-0.3, -0.25) is 14.9 Å². The van der Waals surface area contributed by atoms with Crippen LogP contribution in [-0.4, -0.2) is 22.2 Å². The molecule has 25 heavy (non-hydrogen) atoms. The van der Waals surface area contributed by atoms with Crippen LogP contribution in [0.25, 0.3) is 11.0 Å². The minimum absolute atomic E-state index is 0.0634. The highest BCUT2D eigenvalue weighted by Crippen LogP contribution is 2.23. The van der Waals surface area contributed by atoms with Crippen LogP contribution in [0.4, 0.5) is 5.69 Å². The Morgan fingerprint density at radius 3 is 2.84 bits per heavy atom. The first-order valence-corrected chi connectivity index (χ1v) is 7.73. The van der Waals surface area contributed by atoms with E-state index in [1.807, 2.05) is 0 Å². The van der Waals surface area contributed by atoms with Gasteiger partial charge in [-0.15, -0.1) is 0 Å².